The van der Waals surface area contributed by atoms with E-state index in [1.165, 1.54) is 0 Å². The van der Waals surface area contributed by atoms with Crippen molar-refractivity contribution in [3.63, 3.8) is 0 Å². The quantitative estimate of drug-likeness (QED) is 0.820. The van der Waals surface area contributed by atoms with E-state index in [-0.39, 0.29) is 11.7 Å². The smallest absolute Gasteiger partial charge is 0.270 e. The maximum atomic E-state index is 13.0. The first-order valence-electron chi connectivity index (χ1n) is 9.01. The lowest BCUT2D eigenvalue weighted by molar-refractivity contribution is 0.0683. The van der Waals surface area contributed by atoms with Crippen LogP contribution < -0.4 is 0 Å². The Morgan fingerprint density at radius 1 is 1.32 bits per heavy atom. The number of aryl methyl sites for hydroxylation is 1. The lowest BCUT2D eigenvalue weighted by Crippen LogP contribution is -2.39. The zero-order valence-electron chi connectivity index (χ0n) is 15.2. The zero-order chi connectivity index (χ0) is 18.0. The van der Waals surface area contributed by atoms with E-state index in [2.05, 4.69) is 15.0 Å². The van der Waals surface area contributed by atoms with Crippen molar-refractivity contribution >= 4 is 11.7 Å². The minimum Gasteiger partial charge on any atom is -0.354 e. The van der Waals surface area contributed by atoms with E-state index in [4.69, 9.17) is 0 Å². The fourth-order valence-electron chi connectivity index (χ4n) is 3.87. The predicted octanol–water partition coefficient (Wildman–Crippen LogP) is 2.91. The molecule has 2 aromatic heterocycles. The molecule has 0 spiro atoms. The van der Waals surface area contributed by atoms with E-state index in [1.54, 1.807) is 13.1 Å². The number of nitrogens with zero attached hydrogens (tertiary/aromatic N) is 2. The largest absolute Gasteiger partial charge is 0.354 e. The molecule has 0 aliphatic carbocycles. The monoisotopic (exact) mass is 342 g/mol. The summed E-state index contributed by atoms with van der Waals surface area (Å²) >= 11 is 0. The van der Waals surface area contributed by atoms with Crippen molar-refractivity contribution in [2.24, 2.45) is 5.92 Å². The van der Waals surface area contributed by atoms with Gasteiger partial charge in [0.1, 0.15) is 11.5 Å². The van der Waals surface area contributed by atoms with Gasteiger partial charge >= 0.3 is 0 Å². The number of likely N-dealkylation sites (tertiary alicyclic amines) is 1. The molecule has 6 heteroatoms. The number of carbonyl (C=O) groups is 2. The van der Waals surface area contributed by atoms with Gasteiger partial charge in [0.25, 0.3) is 5.91 Å². The van der Waals surface area contributed by atoms with Crippen LogP contribution in [-0.2, 0) is 12.8 Å². The van der Waals surface area contributed by atoms with Gasteiger partial charge in [0.05, 0.1) is 0 Å². The molecule has 2 aromatic rings. The Bertz CT molecular complexity index is 753. The number of imidazole rings is 1. The van der Waals surface area contributed by atoms with E-state index >= 15 is 0 Å². The number of amides is 1. The number of aromatic nitrogens is 3. The Morgan fingerprint density at radius 2 is 2.04 bits per heavy atom. The summed E-state index contributed by atoms with van der Waals surface area (Å²) < 4.78 is 0. The topological polar surface area (TPSA) is 81.8 Å². The van der Waals surface area contributed by atoms with E-state index in [9.17, 15) is 9.59 Å². The molecule has 3 heterocycles. The van der Waals surface area contributed by atoms with Gasteiger partial charge in [-0.25, -0.2) is 4.98 Å². The Balaban J connectivity index is 1.69. The average Bonchev–Trinajstić information content (AvgIpc) is 3.21. The number of aromatic amines is 2. The highest BCUT2D eigenvalue weighted by Gasteiger charge is 2.28. The molecule has 25 heavy (non-hydrogen) atoms. The maximum Gasteiger partial charge on any atom is 0.270 e. The molecule has 6 nitrogen and oxygen atoms in total. The second-order valence-electron chi connectivity index (χ2n) is 6.86. The maximum absolute atomic E-state index is 13.0. The first-order valence-corrected chi connectivity index (χ1v) is 9.01. The van der Waals surface area contributed by atoms with Crippen molar-refractivity contribution < 1.29 is 9.59 Å². The van der Waals surface area contributed by atoms with Gasteiger partial charge in [-0.3, -0.25) is 9.59 Å². The average molecular weight is 342 g/mol. The summed E-state index contributed by atoms with van der Waals surface area (Å²) in [5.41, 5.74) is 2.92. The van der Waals surface area contributed by atoms with Gasteiger partial charge in [0, 0.05) is 43.2 Å². The number of rotatable bonds is 5. The molecule has 2 N–H and O–H groups in total. The number of ketones is 1. The second kappa shape index (κ2) is 7.25. The molecular formula is C19H26N4O2. The second-order valence-corrected chi connectivity index (χ2v) is 6.86. The van der Waals surface area contributed by atoms with Crippen molar-refractivity contribution in [2.45, 2.75) is 46.5 Å². The lowest BCUT2D eigenvalue weighted by atomic mass is 9.93. The molecule has 1 aliphatic rings. The van der Waals surface area contributed by atoms with Crippen LogP contribution in [0.4, 0.5) is 0 Å². The zero-order valence-corrected chi connectivity index (χ0v) is 15.2. The van der Waals surface area contributed by atoms with Crippen molar-refractivity contribution in [1.29, 1.82) is 0 Å². The molecule has 1 amide bonds. The fourth-order valence-corrected chi connectivity index (χ4v) is 3.87. The van der Waals surface area contributed by atoms with Crippen LogP contribution in [0.3, 0.4) is 0 Å². The summed E-state index contributed by atoms with van der Waals surface area (Å²) in [5.74, 6) is 1.61. The molecule has 0 radical (unpaired) electrons. The summed E-state index contributed by atoms with van der Waals surface area (Å²) in [6.07, 6.45) is 7.20. The highest BCUT2D eigenvalue weighted by Crippen LogP contribution is 2.25. The molecule has 0 unspecified atom stereocenters. The summed E-state index contributed by atoms with van der Waals surface area (Å²) in [7, 11) is 0. The van der Waals surface area contributed by atoms with Crippen LogP contribution >= 0.6 is 0 Å². The number of carbonyl (C=O) groups excluding carboxylic acids is 2. The van der Waals surface area contributed by atoms with Gasteiger partial charge in [-0.05, 0) is 44.6 Å². The van der Waals surface area contributed by atoms with Crippen LogP contribution in [-0.4, -0.2) is 44.6 Å². The molecule has 1 saturated heterocycles. The number of piperidine rings is 1. The number of Topliss-reactive ketones (excluding diaryl/α,β-unsaturated/α-hetero) is 1. The Hall–Kier alpha value is -2.37. The minimum absolute atomic E-state index is 0.0156. The fraction of sp³-hybridized carbons (Fsp3) is 0.526. The molecule has 0 bridgehead atoms. The standard InChI is InChI=1S/C19H26N4O2/c1-4-15-17(13(3)24)12(2)22-18(15)19(25)23-9-5-14(6-10-23)11-16-20-7-8-21-16/h7-8,14,22H,4-6,9-11H2,1-3H3,(H,20,21). The third-order valence-electron chi connectivity index (χ3n) is 5.15. The third-order valence-corrected chi connectivity index (χ3v) is 5.15. The number of hydrogen-bond acceptors (Lipinski definition) is 3. The van der Waals surface area contributed by atoms with Crippen LogP contribution in [0.15, 0.2) is 12.4 Å². The highest BCUT2D eigenvalue weighted by atomic mass is 16.2. The third kappa shape index (κ3) is 3.52. The van der Waals surface area contributed by atoms with Gasteiger partial charge < -0.3 is 14.9 Å². The molecular weight excluding hydrogens is 316 g/mol. The summed E-state index contributed by atoms with van der Waals surface area (Å²) in [6, 6.07) is 0. The Labute approximate surface area is 148 Å². The van der Waals surface area contributed by atoms with Crippen LogP contribution in [0.5, 0.6) is 0 Å². The van der Waals surface area contributed by atoms with Gasteiger partial charge in [-0.2, -0.15) is 0 Å². The highest BCUT2D eigenvalue weighted by molar-refractivity contribution is 6.02. The first-order chi connectivity index (χ1) is 12.0. The van der Waals surface area contributed by atoms with Crippen molar-refractivity contribution in [3.05, 3.63) is 40.7 Å². The van der Waals surface area contributed by atoms with Gasteiger partial charge in [0.15, 0.2) is 5.78 Å². The molecule has 0 aromatic carbocycles. The molecule has 0 saturated carbocycles. The number of hydrogen-bond donors (Lipinski definition) is 2. The van der Waals surface area contributed by atoms with Gasteiger partial charge in [0.2, 0.25) is 0 Å². The molecule has 3 rings (SSSR count). The van der Waals surface area contributed by atoms with Crippen LogP contribution in [0, 0.1) is 12.8 Å². The van der Waals surface area contributed by atoms with Crippen molar-refractivity contribution in [3.8, 4) is 0 Å². The summed E-state index contributed by atoms with van der Waals surface area (Å²) in [6.45, 7) is 6.91. The Morgan fingerprint density at radius 3 is 2.60 bits per heavy atom. The van der Waals surface area contributed by atoms with Crippen LogP contribution in [0.2, 0.25) is 0 Å². The predicted molar refractivity (Wildman–Crippen MR) is 95.8 cm³/mol. The van der Waals surface area contributed by atoms with E-state index in [0.717, 1.165) is 49.4 Å². The van der Waals surface area contributed by atoms with Gasteiger partial charge in [-0.1, -0.05) is 6.92 Å². The molecule has 1 aliphatic heterocycles. The van der Waals surface area contributed by atoms with Crippen molar-refractivity contribution in [2.75, 3.05) is 13.1 Å². The normalized spacial score (nSPS) is 15.6. The Kier molecular flexibility index (Phi) is 5.06. The van der Waals surface area contributed by atoms with Crippen LogP contribution in [0.1, 0.15) is 64.6 Å². The van der Waals surface area contributed by atoms with E-state index in [1.807, 2.05) is 24.9 Å². The number of H-pyrrole nitrogens is 2. The van der Waals surface area contributed by atoms with Crippen molar-refractivity contribution in [1.82, 2.24) is 19.9 Å². The van der Waals surface area contributed by atoms with E-state index < -0.39 is 0 Å². The summed E-state index contributed by atoms with van der Waals surface area (Å²) in [4.78, 5) is 37.4. The lowest BCUT2D eigenvalue weighted by Gasteiger charge is -2.31. The first kappa shape index (κ1) is 17.5. The van der Waals surface area contributed by atoms with Gasteiger partial charge in [-0.15, -0.1) is 0 Å². The summed E-state index contributed by atoms with van der Waals surface area (Å²) in [5, 5.41) is 0. The molecule has 1 fully saturated rings. The number of nitrogens with one attached hydrogen (secondary N) is 2. The van der Waals surface area contributed by atoms with Crippen LogP contribution in [0.25, 0.3) is 0 Å². The molecule has 0 atom stereocenters. The molecule has 134 valence electrons. The van der Waals surface area contributed by atoms with E-state index in [0.29, 0.717) is 23.6 Å². The minimum atomic E-state index is 0.0156. The SMILES string of the molecule is CCc1c(C(=O)N2CCC(Cc3ncc[nH]3)CC2)[nH]c(C)c1C(C)=O.